The third kappa shape index (κ3) is 1.80. The Morgan fingerprint density at radius 1 is 1.48 bits per heavy atom. The Bertz CT molecular complexity index is 696. The molecule has 6 heteroatoms. The molecule has 2 aliphatic heterocycles. The van der Waals surface area contributed by atoms with Gasteiger partial charge in [0.15, 0.2) is 6.23 Å². The minimum absolute atomic E-state index is 0.318. The summed E-state index contributed by atoms with van der Waals surface area (Å²) in [7, 11) is 1.45. The lowest BCUT2D eigenvalue weighted by atomic mass is 9.69. The van der Waals surface area contributed by atoms with Crippen molar-refractivity contribution < 1.29 is 19.0 Å². The summed E-state index contributed by atoms with van der Waals surface area (Å²) < 4.78 is 18.8. The molecule has 1 aromatic rings. The SMILES string of the molecule is COC1=C2C=CNC(=O)C2(c2cccc(F)c2)C(O)N=C1. The van der Waals surface area contributed by atoms with Crippen LogP contribution < -0.4 is 5.32 Å². The fourth-order valence-electron chi connectivity index (χ4n) is 2.75. The van der Waals surface area contributed by atoms with Gasteiger partial charge in [0.1, 0.15) is 17.0 Å². The van der Waals surface area contributed by atoms with Crippen molar-refractivity contribution in [2.75, 3.05) is 7.11 Å². The van der Waals surface area contributed by atoms with E-state index in [0.29, 0.717) is 16.9 Å². The quantitative estimate of drug-likeness (QED) is 0.853. The first-order valence-corrected chi connectivity index (χ1v) is 6.34. The number of nitrogens with zero attached hydrogens (tertiary/aromatic N) is 1. The zero-order valence-electron chi connectivity index (χ0n) is 11.2. The average Bonchev–Trinajstić information content (AvgIpc) is 2.48. The molecule has 0 fully saturated rings. The van der Waals surface area contributed by atoms with Crippen molar-refractivity contribution in [3.63, 3.8) is 0 Å². The number of aliphatic hydroxyl groups excluding tert-OH is 1. The number of carbonyl (C=O) groups is 1. The molecule has 108 valence electrons. The third-order valence-electron chi connectivity index (χ3n) is 3.73. The maximum absolute atomic E-state index is 13.6. The van der Waals surface area contributed by atoms with E-state index in [-0.39, 0.29) is 0 Å². The fraction of sp³-hybridized carbons (Fsp3) is 0.200. The number of halogens is 1. The highest BCUT2D eigenvalue weighted by Gasteiger charge is 2.53. The van der Waals surface area contributed by atoms with E-state index < -0.39 is 23.4 Å². The Morgan fingerprint density at radius 2 is 2.29 bits per heavy atom. The van der Waals surface area contributed by atoms with E-state index >= 15 is 0 Å². The number of aliphatic hydroxyl groups is 1. The molecule has 5 nitrogen and oxygen atoms in total. The first kappa shape index (κ1) is 13.5. The molecular weight excluding hydrogens is 275 g/mol. The molecule has 2 atom stereocenters. The highest BCUT2D eigenvalue weighted by molar-refractivity contribution is 5.99. The summed E-state index contributed by atoms with van der Waals surface area (Å²) in [6.45, 7) is 0. The molecule has 0 saturated carbocycles. The second kappa shape index (κ2) is 4.82. The zero-order chi connectivity index (χ0) is 15.0. The molecule has 0 aliphatic carbocycles. The van der Waals surface area contributed by atoms with Crippen molar-refractivity contribution in [3.8, 4) is 0 Å². The lowest BCUT2D eigenvalue weighted by Gasteiger charge is -2.40. The van der Waals surface area contributed by atoms with Gasteiger partial charge >= 0.3 is 0 Å². The maximum Gasteiger partial charge on any atom is 0.243 e. The smallest absolute Gasteiger partial charge is 0.243 e. The number of rotatable bonds is 2. The zero-order valence-corrected chi connectivity index (χ0v) is 11.2. The lowest BCUT2D eigenvalue weighted by Crippen LogP contribution is -2.55. The van der Waals surface area contributed by atoms with E-state index in [4.69, 9.17) is 4.74 Å². The molecular formula is C15H13FN2O3. The van der Waals surface area contributed by atoms with Gasteiger partial charge in [0.25, 0.3) is 0 Å². The molecule has 0 aromatic heterocycles. The monoisotopic (exact) mass is 288 g/mol. The summed E-state index contributed by atoms with van der Waals surface area (Å²) in [5.74, 6) is -0.621. The minimum atomic E-state index is -1.52. The van der Waals surface area contributed by atoms with E-state index in [9.17, 15) is 14.3 Å². The van der Waals surface area contributed by atoms with Crippen LogP contribution in [0.3, 0.4) is 0 Å². The average molecular weight is 288 g/mol. The summed E-state index contributed by atoms with van der Waals surface area (Å²) in [6, 6.07) is 5.56. The number of hydrogen-bond acceptors (Lipinski definition) is 4. The van der Waals surface area contributed by atoms with Crippen LogP contribution in [0.25, 0.3) is 0 Å². The Hall–Kier alpha value is -2.47. The van der Waals surface area contributed by atoms with Gasteiger partial charge in [-0.05, 0) is 23.8 Å². The summed E-state index contributed by atoms with van der Waals surface area (Å²) in [6.07, 6.45) is 3.08. The predicted octanol–water partition coefficient (Wildman–Crippen LogP) is 1.01. The van der Waals surface area contributed by atoms with Crippen molar-refractivity contribution in [2.45, 2.75) is 11.6 Å². The molecule has 21 heavy (non-hydrogen) atoms. The van der Waals surface area contributed by atoms with Gasteiger partial charge in [-0.25, -0.2) is 4.39 Å². The number of nitrogens with one attached hydrogen (secondary N) is 1. The Balaban J connectivity index is 2.33. The summed E-state index contributed by atoms with van der Waals surface area (Å²) in [5, 5.41) is 12.9. The second-order valence-corrected chi connectivity index (χ2v) is 4.76. The van der Waals surface area contributed by atoms with Gasteiger partial charge in [0, 0.05) is 11.8 Å². The standard InChI is InChI=1S/C15H13FN2O3/c1-21-12-8-18-14(20)15(9-3-2-4-10(16)7-9)11(12)5-6-17-13(15)19/h2-8,14,20H,1H3,(H,17,19). The van der Waals surface area contributed by atoms with E-state index in [2.05, 4.69) is 10.3 Å². The van der Waals surface area contributed by atoms with Crippen LogP contribution in [0.15, 0.2) is 52.9 Å². The van der Waals surface area contributed by atoms with Crippen molar-refractivity contribution in [1.82, 2.24) is 5.32 Å². The van der Waals surface area contributed by atoms with Gasteiger partial charge in [-0.15, -0.1) is 0 Å². The van der Waals surface area contributed by atoms with Crippen LogP contribution in [-0.2, 0) is 14.9 Å². The molecule has 2 heterocycles. The molecule has 2 aliphatic rings. The van der Waals surface area contributed by atoms with Crippen LogP contribution in [0, 0.1) is 5.82 Å². The van der Waals surface area contributed by atoms with E-state index in [1.165, 1.54) is 37.7 Å². The fourth-order valence-corrected chi connectivity index (χ4v) is 2.75. The normalized spacial score (nSPS) is 27.4. The van der Waals surface area contributed by atoms with Crippen LogP contribution in [0.1, 0.15) is 5.56 Å². The first-order valence-electron chi connectivity index (χ1n) is 6.34. The van der Waals surface area contributed by atoms with E-state index in [0.717, 1.165) is 0 Å². The maximum atomic E-state index is 13.6. The molecule has 0 spiro atoms. The van der Waals surface area contributed by atoms with Crippen LogP contribution in [0.2, 0.25) is 0 Å². The van der Waals surface area contributed by atoms with Crippen LogP contribution >= 0.6 is 0 Å². The Labute approximate surface area is 120 Å². The Kier molecular flexibility index (Phi) is 3.10. The first-order chi connectivity index (χ1) is 10.1. The van der Waals surface area contributed by atoms with Crippen LogP contribution in [0.5, 0.6) is 0 Å². The Morgan fingerprint density at radius 3 is 3.00 bits per heavy atom. The largest absolute Gasteiger partial charge is 0.495 e. The molecule has 1 aromatic carbocycles. The number of methoxy groups -OCH3 is 1. The van der Waals surface area contributed by atoms with Gasteiger partial charge < -0.3 is 15.2 Å². The number of dihydropyridines is 1. The van der Waals surface area contributed by atoms with Gasteiger partial charge in [0.05, 0.1) is 13.3 Å². The molecule has 2 unspecified atom stereocenters. The predicted molar refractivity (Wildman–Crippen MR) is 73.9 cm³/mol. The lowest BCUT2D eigenvalue weighted by molar-refractivity contribution is -0.128. The minimum Gasteiger partial charge on any atom is -0.495 e. The summed E-state index contributed by atoms with van der Waals surface area (Å²) in [5.41, 5.74) is -0.753. The summed E-state index contributed by atoms with van der Waals surface area (Å²) >= 11 is 0. The van der Waals surface area contributed by atoms with Gasteiger partial charge in [0.2, 0.25) is 5.91 Å². The molecule has 3 rings (SSSR count). The highest BCUT2D eigenvalue weighted by atomic mass is 19.1. The van der Waals surface area contributed by atoms with E-state index in [1.807, 2.05) is 0 Å². The summed E-state index contributed by atoms with van der Waals surface area (Å²) in [4.78, 5) is 16.5. The van der Waals surface area contributed by atoms with Gasteiger partial charge in [-0.3, -0.25) is 9.79 Å². The van der Waals surface area contributed by atoms with Crippen molar-refractivity contribution in [3.05, 3.63) is 59.3 Å². The molecule has 0 saturated heterocycles. The highest BCUT2D eigenvalue weighted by Crippen LogP contribution is 2.42. The molecule has 0 bridgehead atoms. The number of benzene rings is 1. The van der Waals surface area contributed by atoms with Gasteiger partial charge in [-0.2, -0.15) is 0 Å². The number of ether oxygens (including phenoxy) is 1. The molecule has 2 N–H and O–H groups in total. The molecule has 0 radical (unpaired) electrons. The van der Waals surface area contributed by atoms with Crippen molar-refractivity contribution in [1.29, 1.82) is 0 Å². The number of hydrogen-bond donors (Lipinski definition) is 2. The van der Waals surface area contributed by atoms with Gasteiger partial charge in [-0.1, -0.05) is 12.1 Å². The number of carbonyl (C=O) groups excluding carboxylic acids is 1. The number of aliphatic imine (C=N–C) groups is 1. The number of fused-ring (bicyclic) bond motifs is 1. The van der Waals surface area contributed by atoms with Crippen LogP contribution in [-0.4, -0.2) is 30.6 Å². The molecule has 1 amide bonds. The second-order valence-electron chi connectivity index (χ2n) is 4.76. The van der Waals surface area contributed by atoms with E-state index in [1.54, 1.807) is 12.1 Å². The van der Waals surface area contributed by atoms with Crippen molar-refractivity contribution in [2.24, 2.45) is 4.99 Å². The third-order valence-corrected chi connectivity index (χ3v) is 3.73. The van der Waals surface area contributed by atoms with Crippen molar-refractivity contribution >= 4 is 12.1 Å². The topological polar surface area (TPSA) is 70.9 Å². The number of allylic oxidation sites excluding steroid dienone is 2. The van der Waals surface area contributed by atoms with Crippen LogP contribution in [0.4, 0.5) is 4.39 Å². The number of amides is 1.